The van der Waals surface area contributed by atoms with Crippen molar-refractivity contribution in [3.8, 4) is 0 Å². The molecular weight excluding hydrogens is 659 g/mol. The normalized spacial score (nSPS) is 13.6. The summed E-state index contributed by atoms with van der Waals surface area (Å²) in [4.78, 5) is 15.8. The van der Waals surface area contributed by atoms with Gasteiger partial charge in [-0.15, -0.1) is 0 Å². The fourth-order valence-electron chi connectivity index (χ4n) is 8.65. The molecule has 0 spiro atoms. The Labute approximate surface area is 332 Å². The Bertz CT molecular complexity index is 1390. The van der Waals surface area contributed by atoms with Crippen molar-refractivity contribution in [2.45, 2.75) is 194 Å². The molecule has 0 unspecified atom stereocenters. The van der Waals surface area contributed by atoms with E-state index in [1.165, 1.54) is 183 Å². The highest BCUT2D eigenvalue weighted by atomic mass is 16.5. The van der Waals surface area contributed by atoms with Crippen molar-refractivity contribution in [3.63, 3.8) is 0 Å². The number of hydrogen-bond donors (Lipinski definition) is 0. The molecule has 3 nitrogen and oxygen atoms in total. The lowest BCUT2D eigenvalue weighted by atomic mass is 9.87. The van der Waals surface area contributed by atoms with Gasteiger partial charge < -0.3 is 9.64 Å². The SMILES string of the molecule is CCCCCCCCCCCCCCOC(=O)c1ccc(CC2CCN(c3ccc(CCCCCCCCCCCCCC)cc3)CC2)c2ccccc12. The molecule has 0 N–H and O–H groups in total. The summed E-state index contributed by atoms with van der Waals surface area (Å²) in [6, 6.07) is 22.1. The second-order valence-corrected chi connectivity index (χ2v) is 16.8. The van der Waals surface area contributed by atoms with Gasteiger partial charge >= 0.3 is 5.97 Å². The minimum atomic E-state index is -0.172. The molecule has 3 aromatic rings. The monoisotopic (exact) mass is 738 g/mol. The van der Waals surface area contributed by atoms with Gasteiger partial charge in [0.15, 0.2) is 0 Å². The van der Waals surface area contributed by atoms with E-state index in [2.05, 4.69) is 73.3 Å². The van der Waals surface area contributed by atoms with Crippen molar-refractivity contribution in [1.82, 2.24) is 0 Å². The zero-order chi connectivity index (χ0) is 37.9. The van der Waals surface area contributed by atoms with Crippen molar-refractivity contribution in [1.29, 1.82) is 0 Å². The number of ether oxygens (including phenoxy) is 1. The average molecular weight is 738 g/mol. The summed E-state index contributed by atoms with van der Waals surface area (Å²) < 4.78 is 5.79. The van der Waals surface area contributed by atoms with Gasteiger partial charge in [-0.25, -0.2) is 4.79 Å². The molecule has 0 aliphatic carbocycles. The highest BCUT2D eigenvalue weighted by molar-refractivity contribution is 6.05. The Hall–Kier alpha value is -2.81. The van der Waals surface area contributed by atoms with Crippen molar-refractivity contribution in [2.75, 3.05) is 24.6 Å². The van der Waals surface area contributed by atoms with E-state index in [0.717, 1.165) is 37.7 Å². The van der Waals surface area contributed by atoms with Crippen LogP contribution in [0.2, 0.25) is 0 Å². The van der Waals surface area contributed by atoms with Gasteiger partial charge in [-0.3, -0.25) is 0 Å². The molecular formula is C51H79NO2. The molecule has 0 atom stereocenters. The van der Waals surface area contributed by atoms with E-state index >= 15 is 0 Å². The van der Waals surface area contributed by atoms with Crippen LogP contribution < -0.4 is 4.90 Å². The number of rotatable bonds is 30. The number of anilines is 1. The molecule has 3 heteroatoms. The number of hydrogen-bond acceptors (Lipinski definition) is 3. The number of carbonyl (C=O) groups excluding carboxylic acids is 1. The first-order valence-electron chi connectivity index (χ1n) is 23.2. The first-order chi connectivity index (χ1) is 26.7. The van der Waals surface area contributed by atoms with Gasteiger partial charge in [0.25, 0.3) is 0 Å². The first-order valence-corrected chi connectivity index (χ1v) is 23.2. The van der Waals surface area contributed by atoms with Gasteiger partial charge in [-0.2, -0.15) is 0 Å². The molecule has 1 aliphatic heterocycles. The Morgan fingerprint density at radius 2 is 1.04 bits per heavy atom. The Morgan fingerprint density at radius 1 is 0.556 bits per heavy atom. The van der Waals surface area contributed by atoms with Crippen LogP contribution in [0.25, 0.3) is 10.8 Å². The van der Waals surface area contributed by atoms with Crippen LogP contribution in [0.5, 0.6) is 0 Å². The van der Waals surface area contributed by atoms with Gasteiger partial charge in [0, 0.05) is 18.8 Å². The van der Waals surface area contributed by atoms with E-state index in [-0.39, 0.29) is 5.97 Å². The Balaban J connectivity index is 1.09. The van der Waals surface area contributed by atoms with Crippen LogP contribution in [0.1, 0.15) is 202 Å². The predicted molar refractivity (Wildman–Crippen MR) is 235 cm³/mol. The summed E-state index contributed by atoms with van der Waals surface area (Å²) in [5.41, 5.74) is 4.95. The largest absolute Gasteiger partial charge is 0.462 e. The second kappa shape index (κ2) is 27.7. The van der Waals surface area contributed by atoms with Crippen LogP contribution in [-0.2, 0) is 17.6 Å². The third-order valence-electron chi connectivity index (χ3n) is 12.2. The van der Waals surface area contributed by atoms with Gasteiger partial charge in [0.2, 0.25) is 0 Å². The number of carbonyl (C=O) groups is 1. The lowest BCUT2D eigenvalue weighted by Gasteiger charge is -2.34. The lowest BCUT2D eigenvalue weighted by Crippen LogP contribution is -2.34. The summed E-state index contributed by atoms with van der Waals surface area (Å²) in [5.74, 6) is 0.493. The maximum absolute atomic E-state index is 13.2. The van der Waals surface area contributed by atoms with Crippen LogP contribution in [0.15, 0.2) is 60.7 Å². The third-order valence-corrected chi connectivity index (χ3v) is 12.2. The van der Waals surface area contributed by atoms with E-state index in [1.54, 1.807) is 0 Å². The minimum absolute atomic E-state index is 0.172. The summed E-state index contributed by atoms with van der Waals surface area (Å²) >= 11 is 0. The minimum Gasteiger partial charge on any atom is -0.462 e. The standard InChI is InChI=1S/C51H79NO2/c1-3-5-7-9-11-13-15-17-19-21-23-25-29-44-32-35-47(36-33-44)52-40-38-45(39-41-52)43-46-34-37-50(49-31-27-26-30-48(46)49)51(53)54-42-28-24-22-20-18-16-14-12-10-8-6-4-2/h26-27,30-37,45H,3-25,28-29,38-43H2,1-2H3. The van der Waals surface area contributed by atoms with Crippen molar-refractivity contribution >= 4 is 22.4 Å². The fourth-order valence-corrected chi connectivity index (χ4v) is 8.65. The molecule has 0 bridgehead atoms. The summed E-state index contributed by atoms with van der Waals surface area (Å²) in [6.07, 6.45) is 37.3. The lowest BCUT2D eigenvalue weighted by molar-refractivity contribution is 0.0500. The highest BCUT2D eigenvalue weighted by Crippen LogP contribution is 2.31. The molecule has 1 heterocycles. The number of aryl methyl sites for hydroxylation is 1. The maximum atomic E-state index is 13.2. The molecule has 0 saturated carbocycles. The molecule has 1 saturated heterocycles. The Morgan fingerprint density at radius 3 is 1.57 bits per heavy atom. The van der Waals surface area contributed by atoms with Gasteiger partial charge in [-0.1, -0.05) is 198 Å². The van der Waals surface area contributed by atoms with Crippen molar-refractivity contribution < 1.29 is 9.53 Å². The smallest absolute Gasteiger partial charge is 0.338 e. The number of nitrogens with zero attached hydrogens (tertiary/aromatic N) is 1. The van der Waals surface area contributed by atoms with E-state index in [0.29, 0.717) is 18.1 Å². The van der Waals surface area contributed by atoms with Crippen LogP contribution in [0.4, 0.5) is 5.69 Å². The van der Waals surface area contributed by atoms with Crippen molar-refractivity contribution in [3.05, 3.63) is 77.4 Å². The van der Waals surface area contributed by atoms with Crippen LogP contribution in [0, 0.1) is 5.92 Å². The summed E-state index contributed by atoms with van der Waals surface area (Å²) in [6.45, 7) is 7.33. The molecule has 1 fully saturated rings. The molecule has 3 aromatic carbocycles. The van der Waals surface area contributed by atoms with Crippen LogP contribution in [-0.4, -0.2) is 25.7 Å². The van der Waals surface area contributed by atoms with Crippen LogP contribution in [0.3, 0.4) is 0 Å². The molecule has 0 aromatic heterocycles. The topological polar surface area (TPSA) is 29.5 Å². The molecule has 4 rings (SSSR count). The van der Waals surface area contributed by atoms with E-state index < -0.39 is 0 Å². The third kappa shape index (κ3) is 16.9. The van der Waals surface area contributed by atoms with E-state index in [9.17, 15) is 4.79 Å². The summed E-state index contributed by atoms with van der Waals surface area (Å²) in [7, 11) is 0. The number of esters is 1. The molecule has 0 amide bonds. The maximum Gasteiger partial charge on any atom is 0.338 e. The second-order valence-electron chi connectivity index (χ2n) is 16.8. The average Bonchev–Trinajstić information content (AvgIpc) is 3.20. The Kier molecular flexibility index (Phi) is 22.5. The predicted octanol–water partition coefficient (Wildman–Crippen LogP) is 15.4. The number of benzene rings is 3. The molecule has 54 heavy (non-hydrogen) atoms. The molecule has 0 radical (unpaired) electrons. The number of unbranched alkanes of at least 4 members (excludes halogenated alkanes) is 22. The van der Waals surface area contributed by atoms with Crippen molar-refractivity contribution in [2.24, 2.45) is 5.92 Å². The first kappa shape index (κ1) is 43.9. The quantitative estimate of drug-likeness (QED) is 0.0504. The molecule has 1 aliphatic rings. The molecule has 300 valence electrons. The zero-order valence-corrected chi connectivity index (χ0v) is 35.0. The number of piperidine rings is 1. The van der Waals surface area contributed by atoms with Gasteiger partial charge in [0.05, 0.1) is 12.2 Å². The van der Waals surface area contributed by atoms with E-state index in [4.69, 9.17) is 4.74 Å². The van der Waals surface area contributed by atoms with Gasteiger partial charge in [-0.05, 0) is 84.5 Å². The van der Waals surface area contributed by atoms with Gasteiger partial charge in [0.1, 0.15) is 0 Å². The van der Waals surface area contributed by atoms with E-state index in [1.807, 2.05) is 6.07 Å². The highest BCUT2D eigenvalue weighted by Gasteiger charge is 2.22. The number of fused-ring (bicyclic) bond motifs is 1. The van der Waals surface area contributed by atoms with Crippen LogP contribution >= 0.6 is 0 Å². The summed E-state index contributed by atoms with van der Waals surface area (Å²) in [5, 5.41) is 2.25. The zero-order valence-electron chi connectivity index (χ0n) is 35.0. The fraction of sp³-hybridized carbons (Fsp3) is 0.667.